The first kappa shape index (κ1) is 12.6. The summed E-state index contributed by atoms with van der Waals surface area (Å²) in [5, 5.41) is 3.55. The standard InChI is InChI=1S/C11H12N2O4S/c1-7-4-10(14)9(5-12-7)11(15)13-8-2-3-18(16,17)6-8/h2-5,8H,6H2,1H3,(H,12,14)(H,13,15). The maximum Gasteiger partial charge on any atom is 0.257 e. The minimum Gasteiger partial charge on any atom is -0.364 e. The molecule has 2 heterocycles. The molecule has 0 aliphatic carbocycles. The Morgan fingerprint density at radius 1 is 1.50 bits per heavy atom. The molecule has 0 radical (unpaired) electrons. The van der Waals surface area contributed by atoms with E-state index in [-0.39, 0.29) is 11.3 Å². The van der Waals surface area contributed by atoms with E-state index in [9.17, 15) is 18.0 Å². The van der Waals surface area contributed by atoms with Crippen molar-refractivity contribution in [2.24, 2.45) is 0 Å². The van der Waals surface area contributed by atoms with Gasteiger partial charge in [0.2, 0.25) is 0 Å². The minimum absolute atomic E-state index is 0.0294. The number of carbonyl (C=O) groups excluding carboxylic acids is 1. The van der Waals surface area contributed by atoms with Crippen molar-refractivity contribution in [2.45, 2.75) is 13.0 Å². The van der Waals surface area contributed by atoms with E-state index in [4.69, 9.17) is 0 Å². The fourth-order valence-electron chi connectivity index (χ4n) is 1.66. The molecule has 0 bridgehead atoms. The van der Waals surface area contributed by atoms with Crippen molar-refractivity contribution in [3.8, 4) is 0 Å². The summed E-state index contributed by atoms with van der Waals surface area (Å²) in [5.74, 6) is -0.745. The number of H-pyrrole nitrogens is 1. The second kappa shape index (κ2) is 4.41. The Kier molecular flexibility index (Phi) is 3.08. The molecule has 6 nitrogen and oxygen atoms in total. The normalized spacial score (nSPS) is 20.8. The summed E-state index contributed by atoms with van der Waals surface area (Å²) in [6, 6.07) is 0.735. The van der Waals surface area contributed by atoms with Crippen LogP contribution >= 0.6 is 0 Å². The van der Waals surface area contributed by atoms with E-state index in [0.717, 1.165) is 5.41 Å². The van der Waals surface area contributed by atoms with Gasteiger partial charge < -0.3 is 10.3 Å². The molecule has 0 aromatic carbocycles. The maximum atomic E-state index is 11.8. The lowest BCUT2D eigenvalue weighted by Gasteiger charge is -2.09. The van der Waals surface area contributed by atoms with Crippen LogP contribution in [0, 0.1) is 6.92 Å². The molecule has 0 spiro atoms. The van der Waals surface area contributed by atoms with Gasteiger partial charge in [0.15, 0.2) is 15.3 Å². The van der Waals surface area contributed by atoms with Crippen molar-refractivity contribution < 1.29 is 13.2 Å². The molecule has 96 valence electrons. The Morgan fingerprint density at radius 2 is 2.22 bits per heavy atom. The Bertz CT molecular complexity index is 673. The predicted molar refractivity (Wildman–Crippen MR) is 66.0 cm³/mol. The summed E-state index contributed by atoms with van der Waals surface area (Å²) in [4.78, 5) is 26.1. The fraction of sp³-hybridized carbons (Fsp3) is 0.273. The first-order valence-electron chi connectivity index (χ1n) is 5.28. The van der Waals surface area contributed by atoms with Gasteiger partial charge in [-0.05, 0) is 13.0 Å². The average Bonchev–Trinajstić information content (AvgIpc) is 2.57. The highest BCUT2D eigenvalue weighted by atomic mass is 32.2. The monoisotopic (exact) mass is 268 g/mol. The molecule has 0 saturated heterocycles. The zero-order valence-electron chi connectivity index (χ0n) is 9.64. The molecule has 2 N–H and O–H groups in total. The predicted octanol–water partition coefficient (Wildman–Crippen LogP) is -0.276. The first-order valence-corrected chi connectivity index (χ1v) is 7.00. The lowest BCUT2D eigenvalue weighted by molar-refractivity contribution is 0.0946. The van der Waals surface area contributed by atoms with Gasteiger partial charge in [0.1, 0.15) is 5.56 Å². The van der Waals surface area contributed by atoms with Gasteiger partial charge in [-0.1, -0.05) is 0 Å². The lowest BCUT2D eigenvalue weighted by atomic mass is 10.2. The largest absolute Gasteiger partial charge is 0.364 e. The Hall–Kier alpha value is -1.89. The Labute approximate surface area is 104 Å². The summed E-state index contributed by atoms with van der Waals surface area (Å²) in [6.07, 6.45) is 2.72. The van der Waals surface area contributed by atoms with E-state index in [1.807, 2.05) is 0 Å². The second-order valence-electron chi connectivity index (χ2n) is 4.13. The Morgan fingerprint density at radius 3 is 2.78 bits per heavy atom. The second-order valence-corrected chi connectivity index (χ2v) is 6.06. The summed E-state index contributed by atoms with van der Waals surface area (Å²) in [5.41, 5.74) is 0.228. The lowest BCUT2D eigenvalue weighted by Crippen LogP contribution is -2.37. The third-order valence-electron chi connectivity index (χ3n) is 2.55. The van der Waals surface area contributed by atoms with Crippen LogP contribution in [0.1, 0.15) is 16.1 Å². The number of rotatable bonds is 2. The first-order chi connectivity index (χ1) is 8.37. The van der Waals surface area contributed by atoms with Gasteiger partial charge in [0, 0.05) is 23.4 Å². The number of carbonyl (C=O) groups is 1. The van der Waals surface area contributed by atoms with Gasteiger partial charge in [-0.3, -0.25) is 9.59 Å². The molecule has 1 unspecified atom stereocenters. The SMILES string of the molecule is Cc1cc(=O)c(C(=O)NC2C=CS(=O)(=O)C2)c[nH]1. The van der Waals surface area contributed by atoms with Crippen molar-refractivity contribution in [3.63, 3.8) is 0 Å². The summed E-state index contributed by atoms with van der Waals surface area (Å²) >= 11 is 0. The van der Waals surface area contributed by atoms with Crippen LogP contribution in [0.25, 0.3) is 0 Å². The van der Waals surface area contributed by atoms with Gasteiger partial charge in [-0.2, -0.15) is 0 Å². The summed E-state index contributed by atoms with van der Waals surface area (Å²) < 4.78 is 22.3. The zero-order valence-corrected chi connectivity index (χ0v) is 10.5. The maximum absolute atomic E-state index is 11.8. The molecule has 1 amide bonds. The molecule has 0 saturated carbocycles. The number of aryl methyl sites for hydroxylation is 1. The van der Waals surface area contributed by atoms with Gasteiger partial charge in [0.25, 0.3) is 5.91 Å². The van der Waals surface area contributed by atoms with Gasteiger partial charge >= 0.3 is 0 Å². The van der Waals surface area contributed by atoms with Crippen LogP contribution in [-0.2, 0) is 9.84 Å². The zero-order chi connectivity index (χ0) is 13.3. The number of nitrogens with one attached hydrogen (secondary N) is 2. The van der Waals surface area contributed by atoms with Crippen molar-refractivity contribution >= 4 is 15.7 Å². The van der Waals surface area contributed by atoms with E-state index in [2.05, 4.69) is 10.3 Å². The molecular formula is C11H12N2O4S. The van der Waals surface area contributed by atoms with Gasteiger partial charge in [0.05, 0.1) is 11.8 Å². The molecule has 1 atom stereocenters. The van der Waals surface area contributed by atoms with Crippen molar-refractivity contribution in [1.82, 2.24) is 10.3 Å². The number of amides is 1. The summed E-state index contributed by atoms with van der Waals surface area (Å²) in [6.45, 7) is 1.70. The topological polar surface area (TPSA) is 96.1 Å². The van der Waals surface area contributed by atoms with Gasteiger partial charge in [-0.25, -0.2) is 8.42 Å². The quantitative estimate of drug-likeness (QED) is 0.771. The molecule has 1 aliphatic heterocycles. The minimum atomic E-state index is -3.22. The molecule has 1 aromatic heterocycles. The van der Waals surface area contributed by atoms with E-state index >= 15 is 0 Å². The van der Waals surface area contributed by atoms with E-state index in [1.165, 1.54) is 18.3 Å². The third kappa shape index (κ3) is 2.67. The van der Waals surface area contributed by atoms with Crippen LogP contribution < -0.4 is 10.7 Å². The van der Waals surface area contributed by atoms with E-state index < -0.39 is 27.2 Å². The number of pyridine rings is 1. The van der Waals surface area contributed by atoms with Crippen molar-refractivity contribution in [2.75, 3.05) is 5.75 Å². The van der Waals surface area contributed by atoms with Crippen LogP contribution in [0.5, 0.6) is 0 Å². The Balaban J connectivity index is 2.14. The summed E-state index contributed by atoms with van der Waals surface area (Å²) in [7, 11) is -3.22. The van der Waals surface area contributed by atoms with Crippen molar-refractivity contribution in [1.29, 1.82) is 0 Å². The van der Waals surface area contributed by atoms with Crippen LogP contribution in [-0.4, -0.2) is 31.1 Å². The number of hydrogen-bond donors (Lipinski definition) is 2. The molecular weight excluding hydrogens is 256 g/mol. The number of hydrogen-bond acceptors (Lipinski definition) is 4. The molecule has 1 aromatic rings. The number of aromatic nitrogens is 1. The number of aromatic amines is 1. The molecule has 0 fully saturated rings. The molecule has 7 heteroatoms. The highest BCUT2D eigenvalue weighted by molar-refractivity contribution is 7.94. The molecule has 2 rings (SSSR count). The smallest absolute Gasteiger partial charge is 0.257 e. The fourth-order valence-corrected chi connectivity index (χ4v) is 2.90. The number of sulfone groups is 1. The van der Waals surface area contributed by atoms with Gasteiger partial charge in [-0.15, -0.1) is 0 Å². The molecule has 1 aliphatic rings. The van der Waals surface area contributed by atoms with Crippen LogP contribution in [0.2, 0.25) is 0 Å². The van der Waals surface area contributed by atoms with E-state index in [0.29, 0.717) is 5.69 Å². The third-order valence-corrected chi connectivity index (χ3v) is 3.94. The van der Waals surface area contributed by atoms with E-state index in [1.54, 1.807) is 6.92 Å². The molecule has 18 heavy (non-hydrogen) atoms. The highest BCUT2D eigenvalue weighted by Gasteiger charge is 2.24. The van der Waals surface area contributed by atoms with Crippen LogP contribution in [0.4, 0.5) is 0 Å². The van der Waals surface area contributed by atoms with Crippen molar-refractivity contribution in [3.05, 3.63) is 45.2 Å². The van der Waals surface area contributed by atoms with Crippen LogP contribution in [0.3, 0.4) is 0 Å². The highest BCUT2D eigenvalue weighted by Crippen LogP contribution is 2.08. The van der Waals surface area contributed by atoms with Crippen LogP contribution in [0.15, 0.2) is 28.5 Å². The average molecular weight is 268 g/mol.